The molecule has 0 saturated carbocycles. The van der Waals surface area contributed by atoms with Gasteiger partial charge in [0, 0.05) is 25.8 Å². The van der Waals surface area contributed by atoms with Crippen LogP contribution in [0.5, 0.6) is 5.75 Å². The summed E-state index contributed by atoms with van der Waals surface area (Å²) in [6, 6.07) is 8.80. The average Bonchev–Trinajstić information content (AvgIpc) is 3.20. The van der Waals surface area contributed by atoms with Crippen LogP contribution in [0, 0.1) is 0 Å². The molecule has 2 aromatic carbocycles. The maximum absolute atomic E-state index is 13.8. The third kappa shape index (κ3) is 4.46. The van der Waals surface area contributed by atoms with Crippen molar-refractivity contribution in [3.05, 3.63) is 64.3 Å². The zero-order valence-electron chi connectivity index (χ0n) is 19.1. The van der Waals surface area contributed by atoms with Crippen LogP contribution in [0.1, 0.15) is 32.6 Å². The summed E-state index contributed by atoms with van der Waals surface area (Å²) in [4.78, 5) is 22.5. The van der Waals surface area contributed by atoms with Gasteiger partial charge in [-0.3, -0.25) is 4.79 Å². The number of amides is 1. The second kappa shape index (κ2) is 8.73. The molecule has 3 N–H and O–H groups in total. The first-order valence-corrected chi connectivity index (χ1v) is 11.0. The summed E-state index contributed by atoms with van der Waals surface area (Å²) in [7, 11) is 3.56. The maximum atomic E-state index is 13.8. The predicted molar refractivity (Wildman–Crippen MR) is 124 cm³/mol. The predicted octanol–water partition coefficient (Wildman–Crippen LogP) is 4.22. The first-order chi connectivity index (χ1) is 16.7. The molecule has 0 saturated heterocycles. The molecule has 0 spiro atoms. The quantitative estimate of drug-likeness (QED) is 0.500. The molecule has 0 atom stereocenters. The number of methoxy groups -OCH3 is 1. The summed E-state index contributed by atoms with van der Waals surface area (Å²) < 4.78 is 46.8. The molecule has 2 aliphatic rings. The van der Waals surface area contributed by atoms with Gasteiger partial charge in [-0.25, -0.2) is 4.98 Å². The smallest absolute Gasteiger partial charge is 0.421 e. The van der Waals surface area contributed by atoms with E-state index >= 15 is 0 Å². The number of carbonyl (C=O) groups is 1. The van der Waals surface area contributed by atoms with E-state index in [1.54, 1.807) is 18.2 Å². The lowest BCUT2D eigenvalue weighted by atomic mass is 9.99. The Morgan fingerprint density at radius 3 is 2.71 bits per heavy atom. The van der Waals surface area contributed by atoms with Crippen LogP contribution in [0.4, 0.5) is 36.3 Å². The molecule has 5 rings (SSSR count). The van der Waals surface area contributed by atoms with Crippen LogP contribution < -0.4 is 20.7 Å². The Hall–Kier alpha value is -3.86. The third-order valence-corrected chi connectivity index (χ3v) is 6.14. The average molecular weight is 484 g/mol. The normalized spacial score (nSPS) is 15.3. The summed E-state index contributed by atoms with van der Waals surface area (Å²) >= 11 is 0. The molecule has 11 heteroatoms. The van der Waals surface area contributed by atoms with Crippen LogP contribution in [-0.4, -0.2) is 41.5 Å². The van der Waals surface area contributed by atoms with Crippen molar-refractivity contribution in [1.82, 2.24) is 20.2 Å². The first kappa shape index (κ1) is 22.9. The summed E-state index contributed by atoms with van der Waals surface area (Å²) in [6.07, 6.45) is -3.10. The number of likely N-dealkylation sites (N-methyl/N-ethyl adjacent to an activating group) is 1. The van der Waals surface area contributed by atoms with Crippen molar-refractivity contribution in [3.8, 4) is 5.75 Å². The maximum Gasteiger partial charge on any atom is 0.421 e. The van der Waals surface area contributed by atoms with Gasteiger partial charge in [-0.1, -0.05) is 12.1 Å². The largest absolute Gasteiger partial charge is 0.495 e. The van der Waals surface area contributed by atoms with E-state index in [1.807, 2.05) is 19.2 Å². The van der Waals surface area contributed by atoms with Crippen LogP contribution in [-0.2, 0) is 25.7 Å². The number of rotatable bonds is 5. The summed E-state index contributed by atoms with van der Waals surface area (Å²) in [5, 5.41) is 8.39. The molecule has 0 aliphatic carbocycles. The number of hydrogen-bond acceptors (Lipinski definition) is 7. The minimum atomic E-state index is -4.70. The number of nitrogens with zero attached hydrogens (tertiary/aromatic N) is 3. The molecule has 1 aromatic heterocycles. The van der Waals surface area contributed by atoms with Crippen molar-refractivity contribution >= 4 is 29.0 Å². The van der Waals surface area contributed by atoms with Gasteiger partial charge in [0.05, 0.1) is 24.0 Å². The highest BCUT2D eigenvalue weighted by Crippen LogP contribution is 2.38. The monoisotopic (exact) mass is 484 g/mol. The van der Waals surface area contributed by atoms with Crippen molar-refractivity contribution in [1.29, 1.82) is 0 Å². The zero-order chi connectivity index (χ0) is 24.7. The Morgan fingerprint density at radius 2 is 1.94 bits per heavy atom. The highest BCUT2D eigenvalue weighted by atomic mass is 19.4. The van der Waals surface area contributed by atoms with E-state index in [0.29, 0.717) is 29.1 Å². The number of hydrogen-bond donors (Lipinski definition) is 3. The van der Waals surface area contributed by atoms with Gasteiger partial charge >= 0.3 is 6.18 Å². The van der Waals surface area contributed by atoms with Crippen LogP contribution >= 0.6 is 0 Å². The van der Waals surface area contributed by atoms with E-state index < -0.39 is 17.6 Å². The van der Waals surface area contributed by atoms with Gasteiger partial charge in [-0.2, -0.15) is 18.2 Å². The molecule has 35 heavy (non-hydrogen) atoms. The van der Waals surface area contributed by atoms with Crippen molar-refractivity contribution in [2.75, 3.05) is 31.3 Å². The molecule has 0 fully saturated rings. The molecule has 3 heterocycles. The van der Waals surface area contributed by atoms with Gasteiger partial charge in [0.15, 0.2) is 0 Å². The number of anilines is 4. The van der Waals surface area contributed by atoms with E-state index in [-0.39, 0.29) is 17.5 Å². The van der Waals surface area contributed by atoms with E-state index in [0.717, 1.165) is 36.8 Å². The van der Waals surface area contributed by atoms with Gasteiger partial charge < -0.3 is 25.6 Å². The topological polar surface area (TPSA) is 91.4 Å². The highest BCUT2D eigenvalue weighted by Gasteiger charge is 2.36. The minimum Gasteiger partial charge on any atom is -0.495 e. The molecule has 0 radical (unpaired) electrons. The molecule has 3 aromatic rings. The van der Waals surface area contributed by atoms with Crippen molar-refractivity contribution in [3.63, 3.8) is 0 Å². The zero-order valence-corrected chi connectivity index (χ0v) is 19.1. The van der Waals surface area contributed by atoms with E-state index in [2.05, 4.69) is 30.8 Å². The summed E-state index contributed by atoms with van der Waals surface area (Å²) in [5.41, 5.74) is 3.00. The van der Waals surface area contributed by atoms with Crippen LogP contribution in [0.25, 0.3) is 0 Å². The number of carbonyl (C=O) groups excluding carboxylic acids is 1. The van der Waals surface area contributed by atoms with Crippen LogP contribution in [0.15, 0.2) is 36.5 Å². The standard InChI is InChI=1S/C24H23F3N6O2/c1-33-7-6-13-9-19(35-2)18(8-15(13)12-33)31-23-29-11-16(24(25,26)27)21(32-23)30-17-5-3-4-14-10-28-22(34)20(14)17/h3-5,8-9,11H,6-7,10,12H2,1-2H3,(H,28,34)(H2,29,30,31,32). The fraction of sp³-hybridized carbons (Fsp3) is 0.292. The molecule has 1 amide bonds. The lowest BCUT2D eigenvalue weighted by Crippen LogP contribution is -2.26. The second-order valence-electron chi connectivity index (χ2n) is 8.54. The lowest BCUT2D eigenvalue weighted by molar-refractivity contribution is -0.137. The summed E-state index contributed by atoms with van der Waals surface area (Å²) in [6.45, 7) is 2.00. The molecule has 8 nitrogen and oxygen atoms in total. The van der Waals surface area contributed by atoms with Crippen molar-refractivity contribution < 1.29 is 22.7 Å². The van der Waals surface area contributed by atoms with Crippen molar-refractivity contribution in [2.24, 2.45) is 0 Å². The fourth-order valence-electron chi connectivity index (χ4n) is 4.37. The SMILES string of the molecule is COc1cc2c(cc1Nc1ncc(C(F)(F)F)c(Nc3cccc4c3C(=O)NC4)n1)CN(C)CC2. The van der Waals surface area contributed by atoms with Crippen molar-refractivity contribution in [2.45, 2.75) is 25.7 Å². The number of benzene rings is 2. The molecule has 0 bridgehead atoms. The summed E-state index contributed by atoms with van der Waals surface area (Å²) in [5.74, 6) is -0.309. The number of nitrogens with one attached hydrogen (secondary N) is 3. The number of aromatic nitrogens is 2. The van der Waals surface area contributed by atoms with E-state index in [1.165, 1.54) is 7.11 Å². The van der Waals surface area contributed by atoms with Gasteiger partial charge in [-0.05, 0) is 48.4 Å². The highest BCUT2D eigenvalue weighted by molar-refractivity contribution is 6.04. The Balaban J connectivity index is 1.52. The Kier molecular flexibility index (Phi) is 5.72. The van der Waals surface area contributed by atoms with Gasteiger partial charge in [0.1, 0.15) is 17.1 Å². The second-order valence-corrected chi connectivity index (χ2v) is 8.54. The Morgan fingerprint density at radius 1 is 1.11 bits per heavy atom. The molecular formula is C24H23F3N6O2. The van der Waals surface area contributed by atoms with Crippen LogP contribution in [0.3, 0.4) is 0 Å². The Bertz CT molecular complexity index is 1310. The molecular weight excluding hydrogens is 461 g/mol. The van der Waals surface area contributed by atoms with Crippen LogP contribution in [0.2, 0.25) is 0 Å². The number of halogens is 3. The molecule has 2 aliphatic heterocycles. The first-order valence-electron chi connectivity index (χ1n) is 11.0. The number of fused-ring (bicyclic) bond motifs is 2. The number of ether oxygens (including phenoxy) is 1. The third-order valence-electron chi connectivity index (χ3n) is 6.14. The number of alkyl halides is 3. The van der Waals surface area contributed by atoms with Gasteiger partial charge in [0.2, 0.25) is 5.95 Å². The molecule has 182 valence electrons. The Labute approximate surface area is 199 Å². The van der Waals surface area contributed by atoms with E-state index in [9.17, 15) is 18.0 Å². The lowest BCUT2D eigenvalue weighted by Gasteiger charge is -2.26. The minimum absolute atomic E-state index is 0.0417. The molecule has 0 unspecified atom stereocenters. The fourth-order valence-corrected chi connectivity index (χ4v) is 4.37. The van der Waals surface area contributed by atoms with Gasteiger partial charge in [0.25, 0.3) is 5.91 Å². The van der Waals surface area contributed by atoms with E-state index in [4.69, 9.17) is 4.74 Å². The van der Waals surface area contributed by atoms with Gasteiger partial charge in [-0.15, -0.1) is 0 Å².